The van der Waals surface area contributed by atoms with Crippen LogP contribution < -0.4 is 10.2 Å². The molecule has 6 heteroatoms. The van der Waals surface area contributed by atoms with Crippen LogP contribution in [0.5, 0.6) is 5.88 Å². The van der Waals surface area contributed by atoms with Gasteiger partial charge in [-0.3, -0.25) is 0 Å². The molecule has 0 radical (unpaired) electrons. The minimum absolute atomic E-state index is 0.0924. The molecule has 0 amide bonds. The van der Waals surface area contributed by atoms with Gasteiger partial charge in [0.05, 0.1) is 29.5 Å². The van der Waals surface area contributed by atoms with E-state index < -0.39 is 7.12 Å². The van der Waals surface area contributed by atoms with Gasteiger partial charge >= 0.3 is 7.12 Å². The largest absolute Gasteiger partial charge is 0.502 e. The molecule has 1 aromatic heterocycles. The molecule has 0 N–H and O–H groups in total. The highest BCUT2D eigenvalue weighted by atomic mass is 16.7. The lowest BCUT2D eigenvalue weighted by atomic mass is 9.75. The van der Waals surface area contributed by atoms with Crippen LogP contribution in [0.25, 0.3) is 0 Å². The van der Waals surface area contributed by atoms with Gasteiger partial charge in [0.15, 0.2) is 0 Å². The average Bonchev–Trinajstić information content (AvgIpc) is 3.10. The molecule has 1 aliphatic heterocycles. The van der Waals surface area contributed by atoms with Gasteiger partial charge in [-0.2, -0.15) is 0 Å². The van der Waals surface area contributed by atoms with E-state index in [4.69, 9.17) is 14.0 Å². The van der Waals surface area contributed by atoms with Crippen molar-refractivity contribution in [3.63, 3.8) is 0 Å². The van der Waals surface area contributed by atoms with E-state index in [9.17, 15) is 0 Å². The Bertz CT molecular complexity index is 554. The molecule has 2 fully saturated rings. The fraction of sp³-hybridized carbons (Fsp3) is 0.733. The second-order valence-corrected chi connectivity index (χ2v) is 7.29. The van der Waals surface area contributed by atoms with E-state index in [-0.39, 0.29) is 16.6 Å². The van der Waals surface area contributed by atoms with Gasteiger partial charge in [0.25, 0.3) is 0 Å². The van der Waals surface area contributed by atoms with E-state index in [0.29, 0.717) is 5.88 Å². The van der Waals surface area contributed by atoms with Crippen LogP contribution in [0.3, 0.4) is 0 Å². The van der Waals surface area contributed by atoms with Crippen molar-refractivity contribution in [3.05, 3.63) is 12.0 Å². The van der Waals surface area contributed by atoms with Crippen molar-refractivity contribution in [3.8, 4) is 5.88 Å². The van der Waals surface area contributed by atoms with Gasteiger partial charge in [0, 0.05) is 5.41 Å². The molecule has 0 aromatic carbocycles. The Kier molecular flexibility index (Phi) is 3.12. The molecule has 0 spiro atoms. The number of methoxy groups -OCH3 is 1. The standard InChI is InChI=1S/C15H23BN2O3/c1-13(2)14(3,4)21-16(20-13)10-11(15(5)7-8-15)17-9-18-12(10)19-6/h9H,7-8H2,1-6H3. The summed E-state index contributed by atoms with van der Waals surface area (Å²) in [5.41, 5.74) is 1.15. The lowest BCUT2D eigenvalue weighted by Gasteiger charge is -2.32. The fourth-order valence-electron chi connectivity index (χ4n) is 2.62. The second kappa shape index (κ2) is 4.43. The van der Waals surface area contributed by atoms with Crippen molar-refractivity contribution in [1.82, 2.24) is 9.97 Å². The maximum Gasteiger partial charge on any atom is 0.502 e. The summed E-state index contributed by atoms with van der Waals surface area (Å²) in [7, 11) is 1.13. The summed E-state index contributed by atoms with van der Waals surface area (Å²) < 4.78 is 17.8. The summed E-state index contributed by atoms with van der Waals surface area (Å²) >= 11 is 0. The Morgan fingerprint density at radius 2 is 1.62 bits per heavy atom. The summed E-state index contributed by atoms with van der Waals surface area (Å²) in [6.45, 7) is 10.4. The third-order valence-corrected chi connectivity index (χ3v) is 5.10. The molecular weight excluding hydrogens is 267 g/mol. The Morgan fingerprint density at radius 3 is 2.10 bits per heavy atom. The molecule has 5 nitrogen and oxygen atoms in total. The van der Waals surface area contributed by atoms with Gasteiger partial charge in [-0.05, 0) is 40.5 Å². The molecule has 1 saturated carbocycles. The molecule has 0 bridgehead atoms. The topological polar surface area (TPSA) is 53.5 Å². The molecule has 2 heterocycles. The minimum atomic E-state index is -0.487. The zero-order chi connectivity index (χ0) is 15.5. The Balaban J connectivity index is 2.06. The summed E-state index contributed by atoms with van der Waals surface area (Å²) in [6, 6.07) is 0. The molecule has 21 heavy (non-hydrogen) atoms. The molecular formula is C15H23BN2O3. The fourth-order valence-corrected chi connectivity index (χ4v) is 2.62. The highest BCUT2D eigenvalue weighted by Crippen LogP contribution is 2.47. The van der Waals surface area contributed by atoms with E-state index in [0.717, 1.165) is 24.0 Å². The van der Waals surface area contributed by atoms with E-state index in [1.165, 1.54) is 0 Å². The van der Waals surface area contributed by atoms with Crippen LogP contribution in [-0.4, -0.2) is 35.4 Å². The summed E-state index contributed by atoms with van der Waals surface area (Å²) in [5.74, 6) is 0.548. The first-order valence-corrected chi connectivity index (χ1v) is 7.45. The normalized spacial score (nSPS) is 25.0. The highest BCUT2D eigenvalue weighted by molar-refractivity contribution is 6.63. The van der Waals surface area contributed by atoms with E-state index in [1.807, 2.05) is 27.7 Å². The van der Waals surface area contributed by atoms with Crippen molar-refractivity contribution in [2.24, 2.45) is 0 Å². The van der Waals surface area contributed by atoms with Crippen molar-refractivity contribution < 1.29 is 14.0 Å². The van der Waals surface area contributed by atoms with Crippen molar-refractivity contribution >= 4 is 12.6 Å². The Labute approximate surface area is 126 Å². The van der Waals surface area contributed by atoms with E-state index in [2.05, 4.69) is 16.9 Å². The van der Waals surface area contributed by atoms with Crippen molar-refractivity contribution in [2.45, 2.75) is 64.1 Å². The van der Waals surface area contributed by atoms with Crippen LogP contribution in [0.1, 0.15) is 53.2 Å². The summed E-state index contributed by atoms with van der Waals surface area (Å²) in [4.78, 5) is 8.76. The maximum absolute atomic E-state index is 6.17. The van der Waals surface area contributed by atoms with E-state index in [1.54, 1.807) is 13.4 Å². The first kappa shape index (κ1) is 14.8. The van der Waals surface area contributed by atoms with Crippen LogP contribution >= 0.6 is 0 Å². The number of aromatic nitrogens is 2. The van der Waals surface area contributed by atoms with Crippen LogP contribution in [-0.2, 0) is 14.7 Å². The minimum Gasteiger partial charge on any atom is -0.481 e. The third kappa shape index (κ3) is 2.25. The van der Waals surface area contributed by atoms with Crippen LogP contribution in [0, 0.1) is 0 Å². The summed E-state index contributed by atoms with van der Waals surface area (Å²) in [5, 5.41) is 0. The zero-order valence-electron chi connectivity index (χ0n) is 13.7. The SMILES string of the molecule is COc1ncnc(C2(C)CC2)c1B1OC(C)(C)C(C)(C)O1. The quantitative estimate of drug-likeness (QED) is 0.795. The number of nitrogens with zero attached hydrogens (tertiary/aromatic N) is 2. The smallest absolute Gasteiger partial charge is 0.481 e. The highest BCUT2D eigenvalue weighted by Gasteiger charge is 2.55. The predicted octanol–water partition coefficient (Wildman–Crippen LogP) is 1.84. The Morgan fingerprint density at radius 1 is 1.05 bits per heavy atom. The van der Waals surface area contributed by atoms with Gasteiger partial charge in [0.1, 0.15) is 6.33 Å². The van der Waals surface area contributed by atoms with Crippen LogP contribution in [0.4, 0.5) is 0 Å². The van der Waals surface area contributed by atoms with E-state index >= 15 is 0 Å². The molecule has 1 saturated heterocycles. The number of hydrogen-bond donors (Lipinski definition) is 0. The zero-order valence-corrected chi connectivity index (χ0v) is 13.7. The summed E-state index contributed by atoms with van der Waals surface area (Å²) in [6.07, 6.45) is 3.81. The molecule has 0 atom stereocenters. The van der Waals surface area contributed by atoms with Crippen molar-refractivity contribution in [2.75, 3.05) is 7.11 Å². The second-order valence-electron chi connectivity index (χ2n) is 7.29. The van der Waals surface area contributed by atoms with Gasteiger partial charge in [-0.1, -0.05) is 6.92 Å². The van der Waals surface area contributed by atoms with Crippen LogP contribution in [0.15, 0.2) is 6.33 Å². The first-order valence-electron chi connectivity index (χ1n) is 7.45. The number of ether oxygens (including phenoxy) is 1. The third-order valence-electron chi connectivity index (χ3n) is 5.10. The average molecular weight is 290 g/mol. The van der Waals surface area contributed by atoms with Gasteiger partial charge < -0.3 is 14.0 Å². The molecule has 0 unspecified atom stereocenters. The molecule has 114 valence electrons. The molecule has 1 aliphatic carbocycles. The molecule has 3 rings (SSSR count). The van der Waals surface area contributed by atoms with Gasteiger partial charge in [-0.25, -0.2) is 9.97 Å². The molecule has 1 aromatic rings. The number of rotatable bonds is 3. The maximum atomic E-state index is 6.17. The van der Waals surface area contributed by atoms with Gasteiger partial charge in [-0.15, -0.1) is 0 Å². The Hall–Kier alpha value is -1.14. The lowest BCUT2D eigenvalue weighted by Crippen LogP contribution is -2.41. The lowest BCUT2D eigenvalue weighted by molar-refractivity contribution is 0.00578. The number of hydrogen-bond acceptors (Lipinski definition) is 5. The van der Waals surface area contributed by atoms with Crippen molar-refractivity contribution in [1.29, 1.82) is 0 Å². The predicted molar refractivity (Wildman–Crippen MR) is 80.9 cm³/mol. The van der Waals surface area contributed by atoms with Crippen LogP contribution in [0.2, 0.25) is 0 Å². The van der Waals surface area contributed by atoms with Gasteiger partial charge in [0.2, 0.25) is 5.88 Å². The first-order chi connectivity index (χ1) is 9.70. The molecule has 2 aliphatic rings. The monoisotopic (exact) mass is 290 g/mol.